The summed E-state index contributed by atoms with van der Waals surface area (Å²) in [6.07, 6.45) is 0.227. The van der Waals surface area contributed by atoms with Crippen molar-refractivity contribution in [1.82, 2.24) is 0 Å². The van der Waals surface area contributed by atoms with Crippen molar-refractivity contribution in [3.05, 3.63) is 12.7 Å². The van der Waals surface area contributed by atoms with E-state index in [1.165, 1.54) is 6.08 Å². The van der Waals surface area contributed by atoms with Gasteiger partial charge >= 0.3 is 0 Å². The molecule has 10 heavy (non-hydrogen) atoms. The molecule has 3 N–H and O–H groups in total. The summed E-state index contributed by atoms with van der Waals surface area (Å²) in [6, 6.07) is 1.69. The Balaban J connectivity index is 0. The molecule has 0 aliphatic carbocycles. The Hall–Kier alpha value is -0.890. The van der Waals surface area contributed by atoms with Crippen LogP contribution < -0.4 is 0 Å². The standard InChI is InChI=1S/C3H3N.C3H8O3/c1-2-3-4;4-1-3(6)2-5/h2H,1H2;3-6H,1-2H2. The zero-order chi connectivity index (χ0) is 8.41. The molecule has 0 aliphatic heterocycles. The quantitative estimate of drug-likeness (QED) is 0.436. The fraction of sp³-hybridized carbons (Fsp3) is 0.500. The zero-order valence-corrected chi connectivity index (χ0v) is 5.56. The molecule has 0 radical (unpaired) electrons. The highest BCUT2D eigenvalue weighted by atomic mass is 16.3. The van der Waals surface area contributed by atoms with Crippen molar-refractivity contribution in [2.24, 2.45) is 0 Å². The maximum absolute atomic E-state index is 8.17. The molecule has 4 heteroatoms. The van der Waals surface area contributed by atoms with Crippen molar-refractivity contribution in [2.45, 2.75) is 6.10 Å². The van der Waals surface area contributed by atoms with Crippen LogP contribution in [-0.2, 0) is 0 Å². The maximum atomic E-state index is 8.17. The maximum Gasteiger partial charge on any atom is 0.100 e. The minimum absolute atomic E-state index is 0.365. The number of hydrogen-bond acceptors (Lipinski definition) is 4. The van der Waals surface area contributed by atoms with E-state index in [2.05, 4.69) is 6.58 Å². The van der Waals surface area contributed by atoms with Gasteiger partial charge in [0.1, 0.15) is 6.10 Å². The summed E-state index contributed by atoms with van der Waals surface area (Å²) in [5.74, 6) is 0. The molecule has 4 nitrogen and oxygen atoms in total. The zero-order valence-electron chi connectivity index (χ0n) is 5.56. The third kappa shape index (κ3) is 15.7. The van der Waals surface area contributed by atoms with Crippen LogP contribution in [0.4, 0.5) is 0 Å². The van der Waals surface area contributed by atoms with E-state index in [9.17, 15) is 0 Å². The van der Waals surface area contributed by atoms with Crippen LogP contribution in [0.25, 0.3) is 0 Å². The Labute approximate surface area is 59.7 Å². The first kappa shape index (κ1) is 11.9. The summed E-state index contributed by atoms with van der Waals surface area (Å²) < 4.78 is 0. The SMILES string of the molecule is C=CC#N.OCC(O)CO. The number of hydrogen-bond donors (Lipinski definition) is 3. The predicted molar refractivity (Wildman–Crippen MR) is 36.0 cm³/mol. The van der Waals surface area contributed by atoms with Crippen molar-refractivity contribution < 1.29 is 15.3 Å². The van der Waals surface area contributed by atoms with Crippen LogP contribution in [0.3, 0.4) is 0 Å². The van der Waals surface area contributed by atoms with Gasteiger partial charge in [-0.1, -0.05) is 6.58 Å². The summed E-state index contributed by atoms with van der Waals surface area (Å²) in [5.41, 5.74) is 0. The molecule has 0 rings (SSSR count). The fourth-order valence-electron chi connectivity index (χ4n) is 0.0577. The minimum atomic E-state index is -0.954. The Kier molecular flexibility index (Phi) is 13.0. The highest BCUT2D eigenvalue weighted by Gasteiger charge is 1.93. The Morgan fingerprint density at radius 1 is 1.50 bits per heavy atom. The minimum Gasteiger partial charge on any atom is -0.394 e. The number of rotatable bonds is 2. The molecular weight excluding hydrogens is 134 g/mol. The van der Waals surface area contributed by atoms with Gasteiger partial charge < -0.3 is 15.3 Å². The lowest BCUT2D eigenvalue weighted by Gasteiger charge is -1.96. The average Bonchev–Trinajstić information content (AvgIpc) is 2.03. The van der Waals surface area contributed by atoms with Crippen LogP contribution >= 0.6 is 0 Å². The highest BCUT2D eigenvalue weighted by molar-refractivity contribution is 4.93. The van der Waals surface area contributed by atoms with Crippen LogP contribution in [0, 0.1) is 11.3 Å². The second kappa shape index (κ2) is 11.0. The number of nitrogens with zero attached hydrogens (tertiary/aromatic N) is 1. The smallest absolute Gasteiger partial charge is 0.100 e. The second-order valence-corrected chi connectivity index (χ2v) is 1.35. The molecule has 0 aromatic rings. The van der Waals surface area contributed by atoms with Crippen LogP contribution in [0.1, 0.15) is 0 Å². The van der Waals surface area contributed by atoms with Crippen molar-refractivity contribution in [3.63, 3.8) is 0 Å². The van der Waals surface area contributed by atoms with Gasteiger partial charge in [0.15, 0.2) is 0 Å². The van der Waals surface area contributed by atoms with Gasteiger partial charge in [-0.25, -0.2) is 0 Å². The molecule has 0 saturated carbocycles. The van der Waals surface area contributed by atoms with Gasteiger partial charge in [0.25, 0.3) is 0 Å². The molecule has 0 aromatic carbocycles. The van der Waals surface area contributed by atoms with E-state index in [4.69, 9.17) is 20.6 Å². The summed E-state index contributed by atoms with van der Waals surface area (Å²) in [5, 5.41) is 31.5. The molecule has 0 heterocycles. The molecule has 0 bridgehead atoms. The third-order valence-corrected chi connectivity index (χ3v) is 0.513. The highest BCUT2D eigenvalue weighted by Crippen LogP contribution is 1.71. The number of aliphatic hydroxyl groups is 3. The number of nitriles is 1. The molecule has 0 atom stereocenters. The molecule has 58 valence electrons. The van der Waals surface area contributed by atoms with Gasteiger partial charge in [-0.3, -0.25) is 0 Å². The monoisotopic (exact) mass is 145 g/mol. The van der Waals surface area contributed by atoms with Crippen LogP contribution in [0.2, 0.25) is 0 Å². The average molecular weight is 145 g/mol. The first-order valence-electron chi connectivity index (χ1n) is 2.63. The van der Waals surface area contributed by atoms with Gasteiger partial charge in [-0.05, 0) is 0 Å². The van der Waals surface area contributed by atoms with Crippen molar-refractivity contribution in [2.75, 3.05) is 13.2 Å². The molecule has 0 fully saturated rings. The summed E-state index contributed by atoms with van der Waals surface area (Å²) in [6.45, 7) is 2.39. The van der Waals surface area contributed by atoms with E-state index in [1.807, 2.05) is 0 Å². The lowest BCUT2D eigenvalue weighted by molar-refractivity contribution is 0.0450. The first-order chi connectivity index (χ1) is 4.72. The topological polar surface area (TPSA) is 84.5 Å². The Bertz CT molecular complexity index is 104. The molecule has 0 unspecified atom stereocenters. The van der Waals surface area contributed by atoms with E-state index in [0.29, 0.717) is 0 Å². The van der Waals surface area contributed by atoms with E-state index in [1.54, 1.807) is 6.07 Å². The second-order valence-electron chi connectivity index (χ2n) is 1.35. The normalized spacial score (nSPS) is 7.50. The third-order valence-electron chi connectivity index (χ3n) is 0.513. The molecule has 0 aromatic heterocycles. The van der Waals surface area contributed by atoms with E-state index in [-0.39, 0.29) is 13.2 Å². The summed E-state index contributed by atoms with van der Waals surface area (Å²) in [7, 11) is 0. The van der Waals surface area contributed by atoms with Gasteiger partial charge in [-0.2, -0.15) is 5.26 Å². The van der Waals surface area contributed by atoms with Crippen molar-refractivity contribution in [1.29, 1.82) is 5.26 Å². The van der Waals surface area contributed by atoms with Crippen LogP contribution in [0.5, 0.6) is 0 Å². The molecule has 0 saturated heterocycles. The molecular formula is C6H11NO3. The number of aliphatic hydroxyl groups excluding tert-OH is 3. The van der Waals surface area contributed by atoms with E-state index in [0.717, 1.165) is 0 Å². The molecule has 0 aliphatic rings. The van der Waals surface area contributed by atoms with Gasteiger partial charge in [0.2, 0.25) is 0 Å². The molecule has 0 amide bonds. The van der Waals surface area contributed by atoms with Crippen LogP contribution in [0.15, 0.2) is 12.7 Å². The van der Waals surface area contributed by atoms with Crippen LogP contribution in [-0.4, -0.2) is 34.6 Å². The van der Waals surface area contributed by atoms with Gasteiger partial charge in [0, 0.05) is 6.08 Å². The van der Waals surface area contributed by atoms with Gasteiger partial charge in [0.05, 0.1) is 19.3 Å². The molecule has 0 spiro atoms. The Morgan fingerprint density at radius 3 is 1.80 bits per heavy atom. The summed E-state index contributed by atoms with van der Waals surface area (Å²) in [4.78, 5) is 0. The lowest BCUT2D eigenvalue weighted by Crippen LogP contribution is -2.15. The van der Waals surface area contributed by atoms with E-state index < -0.39 is 6.10 Å². The van der Waals surface area contributed by atoms with Crippen molar-refractivity contribution in [3.8, 4) is 6.07 Å². The Morgan fingerprint density at radius 2 is 1.80 bits per heavy atom. The number of allylic oxidation sites excluding steroid dienone is 1. The van der Waals surface area contributed by atoms with Gasteiger partial charge in [-0.15, -0.1) is 0 Å². The first-order valence-corrected chi connectivity index (χ1v) is 2.63. The van der Waals surface area contributed by atoms with Crippen molar-refractivity contribution >= 4 is 0 Å². The summed E-state index contributed by atoms with van der Waals surface area (Å²) >= 11 is 0. The van der Waals surface area contributed by atoms with E-state index >= 15 is 0 Å². The lowest BCUT2D eigenvalue weighted by atomic mass is 10.4. The predicted octanol–water partition coefficient (Wildman–Crippen LogP) is -0.972. The fourth-order valence-corrected chi connectivity index (χ4v) is 0.0577. The largest absolute Gasteiger partial charge is 0.394 e.